The average molecular weight is 305 g/mol. The van der Waals surface area contributed by atoms with E-state index in [-0.39, 0.29) is 17.3 Å². The molecule has 1 aliphatic rings. The highest BCUT2D eigenvalue weighted by molar-refractivity contribution is 7.91. The number of ether oxygens (including phenoxy) is 1. The fraction of sp³-hybridized carbons (Fsp3) is 0.417. The van der Waals surface area contributed by atoms with Gasteiger partial charge in [0.15, 0.2) is 16.4 Å². The predicted octanol–water partition coefficient (Wildman–Crippen LogP) is 0.647. The zero-order chi connectivity index (χ0) is 14.8. The summed E-state index contributed by atoms with van der Waals surface area (Å²) in [5.41, 5.74) is 0. The van der Waals surface area contributed by atoms with Gasteiger partial charge in [-0.15, -0.1) is 0 Å². The van der Waals surface area contributed by atoms with Gasteiger partial charge in [-0.2, -0.15) is 0 Å². The van der Waals surface area contributed by atoms with Crippen LogP contribution in [0.1, 0.15) is 6.42 Å². The van der Waals surface area contributed by atoms with Crippen LogP contribution in [-0.4, -0.2) is 38.5 Å². The minimum Gasteiger partial charge on any atom is -0.484 e. The van der Waals surface area contributed by atoms with Crippen molar-refractivity contribution in [2.45, 2.75) is 12.5 Å². The molecule has 0 saturated carbocycles. The van der Waals surface area contributed by atoms with Crippen LogP contribution in [0, 0.1) is 11.6 Å². The fourth-order valence-electron chi connectivity index (χ4n) is 1.94. The summed E-state index contributed by atoms with van der Waals surface area (Å²) in [6.07, 6.45) is 0.364. The van der Waals surface area contributed by atoms with Crippen LogP contribution in [0.15, 0.2) is 18.2 Å². The third-order valence-corrected chi connectivity index (χ3v) is 4.57. The molecule has 0 spiro atoms. The van der Waals surface area contributed by atoms with Crippen molar-refractivity contribution in [1.82, 2.24) is 5.32 Å². The Kier molecular flexibility index (Phi) is 4.22. The standard InChI is InChI=1S/C12H13F2NO4S/c13-8-3-9(14)5-11(4-8)19-6-12(16)15-10-1-2-20(17,18)7-10/h3-5,10H,1-2,6-7H2,(H,15,16). The van der Waals surface area contributed by atoms with Gasteiger partial charge in [0.25, 0.3) is 5.91 Å². The van der Waals surface area contributed by atoms with Gasteiger partial charge in [-0.1, -0.05) is 0 Å². The average Bonchev–Trinajstić information content (AvgIpc) is 2.65. The second kappa shape index (κ2) is 5.74. The van der Waals surface area contributed by atoms with Crippen LogP contribution < -0.4 is 10.1 Å². The molecule has 20 heavy (non-hydrogen) atoms. The summed E-state index contributed by atoms with van der Waals surface area (Å²) in [7, 11) is -3.07. The molecule has 1 saturated heterocycles. The molecular weight excluding hydrogens is 292 g/mol. The van der Waals surface area contributed by atoms with Crippen LogP contribution in [-0.2, 0) is 14.6 Å². The van der Waals surface area contributed by atoms with E-state index in [0.717, 1.165) is 12.1 Å². The molecule has 1 amide bonds. The zero-order valence-corrected chi connectivity index (χ0v) is 11.3. The molecule has 1 fully saturated rings. The lowest BCUT2D eigenvalue weighted by Crippen LogP contribution is -2.38. The van der Waals surface area contributed by atoms with E-state index in [9.17, 15) is 22.0 Å². The van der Waals surface area contributed by atoms with Gasteiger partial charge in [-0.05, 0) is 6.42 Å². The molecule has 2 rings (SSSR count). The summed E-state index contributed by atoms with van der Waals surface area (Å²) >= 11 is 0. The minimum atomic E-state index is -3.07. The van der Waals surface area contributed by atoms with Crippen molar-refractivity contribution in [2.24, 2.45) is 0 Å². The summed E-state index contributed by atoms with van der Waals surface area (Å²) in [6.45, 7) is -0.431. The van der Waals surface area contributed by atoms with Gasteiger partial charge in [-0.3, -0.25) is 4.79 Å². The van der Waals surface area contributed by atoms with Gasteiger partial charge in [0.05, 0.1) is 11.5 Å². The van der Waals surface area contributed by atoms with Crippen LogP contribution >= 0.6 is 0 Å². The highest BCUT2D eigenvalue weighted by Gasteiger charge is 2.28. The number of nitrogens with one attached hydrogen (secondary N) is 1. The first-order valence-corrected chi connectivity index (χ1v) is 7.75. The Bertz CT molecular complexity index is 598. The number of sulfone groups is 1. The first kappa shape index (κ1) is 14.7. The molecule has 1 heterocycles. The van der Waals surface area contributed by atoms with Gasteiger partial charge in [0.2, 0.25) is 0 Å². The van der Waals surface area contributed by atoms with E-state index >= 15 is 0 Å². The summed E-state index contributed by atoms with van der Waals surface area (Å²) < 4.78 is 53.1. The Morgan fingerprint density at radius 1 is 1.30 bits per heavy atom. The number of hydrogen-bond donors (Lipinski definition) is 1. The molecule has 0 aliphatic carbocycles. The van der Waals surface area contributed by atoms with Crippen LogP contribution in [0.2, 0.25) is 0 Å². The number of benzene rings is 1. The van der Waals surface area contributed by atoms with Crippen molar-refractivity contribution in [3.05, 3.63) is 29.8 Å². The monoisotopic (exact) mass is 305 g/mol. The van der Waals surface area contributed by atoms with E-state index in [4.69, 9.17) is 4.74 Å². The van der Waals surface area contributed by atoms with Crippen molar-refractivity contribution in [3.63, 3.8) is 0 Å². The maximum Gasteiger partial charge on any atom is 0.258 e. The lowest BCUT2D eigenvalue weighted by Gasteiger charge is -2.11. The smallest absolute Gasteiger partial charge is 0.258 e. The number of carbonyl (C=O) groups is 1. The predicted molar refractivity (Wildman–Crippen MR) is 67.1 cm³/mol. The molecule has 1 unspecified atom stereocenters. The van der Waals surface area contributed by atoms with Crippen LogP contribution in [0.25, 0.3) is 0 Å². The summed E-state index contributed by atoms with van der Waals surface area (Å²) in [5.74, 6) is -2.28. The topological polar surface area (TPSA) is 72.5 Å². The number of amides is 1. The Hall–Kier alpha value is -1.70. The minimum absolute atomic E-state index is 0.0495. The number of carbonyl (C=O) groups excluding carboxylic acids is 1. The Balaban J connectivity index is 1.83. The van der Waals surface area contributed by atoms with E-state index in [2.05, 4.69) is 5.32 Å². The van der Waals surface area contributed by atoms with Crippen molar-refractivity contribution < 1.29 is 26.7 Å². The van der Waals surface area contributed by atoms with Gasteiger partial charge < -0.3 is 10.1 Å². The molecule has 1 atom stereocenters. The highest BCUT2D eigenvalue weighted by Crippen LogP contribution is 2.15. The quantitative estimate of drug-likeness (QED) is 0.886. The molecule has 8 heteroatoms. The Morgan fingerprint density at radius 2 is 1.95 bits per heavy atom. The van der Waals surface area contributed by atoms with Crippen LogP contribution in [0.5, 0.6) is 5.75 Å². The normalized spacial score (nSPS) is 20.6. The molecular formula is C12H13F2NO4S. The molecule has 1 aliphatic heterocycles. The molecule has 0 radical (unpaired) electrons. The van der Waals surface area contributed by atoms with Crippen molar-refractivity contribution in [2.75, 3.05) is 18.1 Å². The van der Waals surface area contributed by atoms with E-state index in [1.54, 1.807) is 0 Å². The second-order valence-corrected chi connectivity index (χ2v) is 6.79. The lowest BCUT2D eigenvalue weighted by atomic mass is 10.2. The molecule has 1 aromatic rings. The van der Waals surface area contributed by atoms with E-state index in [0.29, 0.717) is 12.5 Å². The number of hydrogen-bond acceptors (Lipinski definition) is 4. The summed E-state index contributed by atoms with van der Waals surface area (Å²) in [4.78, 5) is 11.5. The summed E-state index contributed by atoms with van der Waals surface area (Å²) in [5, 5.41) is 2.50. The van der Waals surface area contributed by atoms with E-state index in [1.165, 1.54) is 0 Å². The molecule has 1 N–H and O–H groups in total. The molecule has 5 nitrogen and oxygen atoms in total. The van der Waals surface area contributed by atoms with Gasteiger partial charge in [-0.25, -0.2) is 17.2 Å². The molecule has 0 bridgehead atoms. The van der Waals surface area contributed by atoms with Crippen molar-refractivity contribution in [1.29, 1.82) is 0 Å². The largest absolute Gasteiger partial charge is 0.484 e. The first-order valence-electron chi connectivity index (χ1n) is 5.93. The summed E-state index contributed by atoms with van der Waals surface area (Å²) in [6, 6.07) is 2.17. The Morgan fingerprint density at radius 3 is 2.50 bits per heavy atom. The number of halogens is 2. The van der Waals surface area contributed by atoms with Crippen LogP contribution in [0.4, 0.5) is 8.78 Å². The first-order chi connectivity index (χ1) is 9.34. The zero-order valence-electron chi connectivity index (χ0n) is 10.4. The second-order valence-electron chi connectivity index (χ2n) is 4.56. The number of rotatable bonds is 4. The molecule has 1 aromatic carbocycles. The highest BCUT2D eigenvalue weighted by atomic mass is 32.2. The van der Waals surface area contributed by atoms with E-state index in [1.807, 2.05) is 0 Å². The van der Waals surface area contributed by atoms with Gasteiger partial charge in [0.1, 0.15) is 17.4 Å². The maximum atomic E-state index is 12.9. The van der Waals surface area contributed by atoms with Gasteiger partial charge in [0, 0.05) is 24.2 Å². The van der Waals surface area contributed by atoms with Crippen molar-refractivity contribution >= 4 is 15.7 Å². The molecule has 0 aromatic heterocycles. The van der Waals surface area contributed by atoms with E-state index < -0.39 is 40.0 Å². The fourth-order valence-corrected chi connectivity index (χ4v) is 3.61. The lowest BCUT2D eigenvalue weighted by molar-refractivity contribution is -0.123. The third kappa shape index (κ3) is 4.16. The third-order valence-electron chi connectivity index (χ3n) is 2.80. The van der Waals surface area contributed by atoms with Gasteiger partial charge >= 0.3 is 0 Å². The van der Waals surface area contributed by atoms with Crippen LogP contribution in [0.3, 0.4) is 0 Å². The molecule has 110 valence electrons. The van der Waals surface area contributed by atoms with Crippen molar-refractivity contribution in [3.8, 4) is 5.75 Å². The Labute approximate surface area is 114 Å². The SMILES string of the molecule is O=C(COc1cc(F)cc(F)c1)NC1CCS(=O)(=O)C1. The maximum absolute atomic E-state index is 12.9.